The number of rotatable bonds is 7. The number of nitrogens with one attached hydrogen (secondary N) is 1. The molecule has 88 valence electrons. The minimum atomic E-state index is -2.89. The molecule has 3 nitrogen and oxygen atoms in total. The molecule has 1 aliphatic heterocycles. The van der Waals surface area contributed by atoms with Gasteiger partial charge in [-0.15, -0.1) is 0 Å². The summed E-state index contributed by atoms with van der Waals surface area (Å²) in [6.45, 7) is 3.13. The maximum Gasteiger partial charge on any atom is 0.173 e. The van der Waals surface area contributed by atoms with Gasteiger partial charge in [0, 0.05) is 11.4 Å². The van der Waals surface area contributed by atoms with E-state index in [9.17, 15) is 8.42 Å². The minimum Gasteiger partial charge on any atom is -0.310 e. The Kier molecular flexibility index (Phi) is 5.32. The van der Waals surface area contributed by atoms with Gasteiger partial charge < -0.3 is 5.32 Å². The van der Waals surface area contributed by atoms with Crippen molar-refractivity contribution in [2.24, 2.45) is 0 Å². The minimum absolute atomic E-state index is 0.0428. The van der Waals surface area contributed by atoms with Crippen molar-refractivity contribution in [1.82, 2.24) is 5.32 Å². The van der Waals surface area contributed by atoms with Gasteiger partial charge in [0.05, 0.1) is 5.75 Å². The van der Waals surface area contributed by atoms with E-state index in [0.29, 0.717) is 0 Å². The summed E-state index contributed by atoms with van der Waals surface area (Å²) in [4.78, 5) is 0. The zero-order valence-corrected chi connectivity index (χ0v) is 10.2. The van der Waals surface area contributed by atoms with Crippen molar-refractivity contribution in [3.05, 3.63) is 11.5 Å². The number of hydrogen-bond acceptors (Lipinski definition) is 3. The van der Waals surface area contributed by atoms with Gasteiger partial charge in [-0.1, -0.05) is 38.7 Å². The highest BCUT2D eigenvalue weighted by Gasteiger charge is 2.20. The number of unbranched alkanes of at least 4 members (excludes halogenated alkanes) is 4. The Bertz CT molecular complexity index is 296. The van der Waals surface area contributed by atoms with E-state index >= 15 is 0 Å². The highest BCUT2D eigenvalue weighted by molar-refractivity contribution is 7.94. The molecule has 0 aliphatic carbocycles. The predicted molar refractivity (Wildman–Crippen MR) is 63.5 cm³/mol. The summed E-state index contributed by atoms with van der Waals surface area (Å²) in [5.74, 6) is 0.238. The van der Waals surface area contributed by atoms with Gasteiger partial charge in [0.15, 0.2) is 9.84 Å². The van der Waals surface area contributed by atoms with Crippen molar-refractivity contribution in [2.45, 2.75) is 45.1 Å². The number of hydrogen-bond donors (Lipinski definition) is 1. The van der Waals surface area contributed by atoms with E-state index in [0.717, 1.165) is 13.0 Å². The monoisotopic (exact) mass is 231 g/mol. The Hall–Kier alpha value is -0.350. The van der Waals surface area contributed by atoms with Crippen LogP contribution in [0.5, 0.6) is 0 Å². The maximum absolute atomic E-state index is 11.1. The van der Waals surface area contributed by atoms with Crippen molar-refractivity contribution in [1.29, 1.82) is 0 Å². The second kappa shape index (κ2) is 6.28. The Morgan fingerprint density at radius 3 is 2.60 bits per heavy atom. The van der Waals surface area contributed by atoms with Gasteiger partial charge in [-0.2, -0.15) is 0 Å². The van der Waals surface area contributed by atoms with Gasteiger partial charge >= 0.3 is 0 Å². The van der Waals surface area contributed by atoms with Crippen molar-refractivity contribution in [3.63, 3.8) is 0 Å². The van der Waals surface area contributed by atoms with E-state index in [1.807, 2.05) is 0 Å². The van der Waals surface area contributed by atoms with Crippen LogP contribution < -0.4 is 5.32 Å². The van der Waals surface area contributed by atoms with E-state index in [2.05, 4.69) is 12.2 Å². The highest BCUT2D eigenvalue weighted by Crippen LogP contribution is 2.08. The fourth-order valence-corrected chi connectivity index (χ4v) is 2.99. The van der Waals surface area contributed by atoms with Crippen molar-refractivity contribution < 1.29 is 8.42 Å². The molecule has 4 heteroatoms. The molecular formula is C11H21NO2S. The molecule has 15 heavy (non-hydrogen) atoms. The molecule has 0 aromatic heterocycles. The second-order valence-electron chi connectivity index (χ2n) is 4.13. The second-order valence-corrected chi connectivity index (χ2v) is 6.06. The van der Waals surface area contributed by atoms with Crippen molar-refractivity contribution >= 4 is 9.84 Å². The molecule has 1 N–H and O–H groups in total. The largest absolute Gasteiger partial charge is 0.310 e. The molecule has 1 aliphatic rings. The van der Waals surface area contributed by atoms with Crippen LogP contribution in [0.15, 0.2) is 11.5 Å². The predicted octanol–water partition coefficient (Wildman–Crippen LogP) is 1.86. The lowest BCUT2D eigenvalue weighted by molar-refractivity contribution is 0.558. The third kappa shape index (κ3) is 5.33. The van der Waals surface area contributed by atoms with Crippen LogP contribution in [0.2, 0.25) is 0 Å². The van der Waals surface area contributed by atoms with Gasteiger partial charge in [-0.25, -0.2) is 8.42 Å². The van der Waals surface area contributed by atoms with Gasteiger partial charge in [0.1, 0.15) is 0 Å². The number of sulfone groups is 1. The molecular weight excluding hydrogens is 210 g/mol. The van der Waals surface area contributed by atoms with Gasteiger partial charge in [-0.3, -0.25) is 0 Å². The van der Waals surface area contributed by atoms with E-state index < -0.39 is 9.84 Å². The summed E-state index contributed by atoms with van der Waals surface area (Å²) in [5, 5.41) is 4.57. The van der Waals surface area contributed by atoms with Crippen LogP contribution in [0, 0.1) is 0 Å². The first-order valence-electron chi connectivity index (χ1n) is 5.78. The fourth-order valence-electron chi connectivity index (χ4n) is 1.72. The normalized spacial score (nSPS) is 23.4. The molecule has 0 amide bonds. The average Bonchev–Trinajstić information content (AvgIpc) is 2.52. The topological polar surface area (TPSA) is 46.2 Å². The fraction of sp³-hybridized carbons (Fsp3) is 0.818. The molecule has 0 aromatic carbocycles. The quantitative estimate of drug-likeness (QED) is 0.680. The third-order valence-electron chi connectivity index (χ3n) is 2.62. The molecule has 0 fully saturated rings. The molecule has 0 saturated carbocycles. The molecule has 0 aromatic rings. The first-order valence-corrected chi connectivity index (χ1v) is 7.50. The molecule has 1 heterocycles. The summed E-state index contributed by atoms with van der Waals surface area (Å²) in [6, 6.07) is 0.0428. The zero-order chi connectivity index (χ0) is 11.1. The average molecular weight is 231 g/mol. The first-order chi connectivity index (χ1) is 7.14. The maximum atomic E-state index is 11.1. The molecule has 1 rings (SSSR count). The van der Waals surface area contributed by atoms with Crippen molar-refractivity contribution in [3.8, 4) is 0 Å². The first kappa shape index (κ1) is 12.7. The van der Waals surface area contributed by atoms with Gasteiger partial charge in [0.25, 0.3) is 0 Å². The van der Waals surface area contributed by atoms with E-state index in [-0.39, 0.29) is 11.8 Å². The summed E-state index contributed by atoms with van der Waals surface area (Å²) in [7, 11) is -2.89. The zero-order valence-electron chi connectivity index (χ0n) is 9.41. The van der Waals surface area contributed by atoms with Crippen LogP contribution in [-0.4, -0.2) is 26.8 Å². The summed E-state index contributed by atoms with van der Waals surface area (Å²) in [5.41, 5.74) is 0. The van der Waals surface area contributed by atoms with Gasteiger partial charge in [-0.05, 0) is 13.0 Å². The Balaban J connectivity index is 2.00. The van der Waals surface area contributed by atoms with Crippen LogP contribution in [-0.2, 0) is 9.84 Å². The van der Waals surface area contributed by atoms with E-state index in [1.165, 1.54) is 31.1 Å². The molecule has 1 unspecified atom stereocenters. The van der Waals surface area contributed by atoms with Gasteiger partial charge in [0.2, 0.25) is 0 Å². The summed E-state index contributed by atoms with van der Waals surface area (Å²) >= 11 is 0. The van der Waals surface area contributed by atoms with Crippen LogP contribution in [0.25, 0.3) is 0 Å². The lowest BCUT2D eigenvalue weighted by Crippen LogP contribution is -2.30. The smallest absolute Gasteiger partial charge is 0.173 e. The van der Waals surface area contributed by atoms with Crippen LogP contribution in [0.1, 0.15) is 39.0 Å². The molecule has 0 bridgehead atoms. The Morgan fingerprint density at radius 1 is 1.27 bits per heavy atom. The molecule has 0 spiro atoms. The highest BCUT2D eigenvalue weighted by atomic mass is 32.2. The standard InChI is InChI=1S/C11H21NO2S/c1-2-3-4-5-6-8-12-11-7-9-15(13,14)10-11/h7,9,11-12H,2-6,8,10H2,1H3. The lowest BCUT2D eigenvalue weighted by Gasteiger charge is -2.09. The molecule has 0 radical (unpaired) electrons. The SMILES string of the molecule is CCCCCCCNC1C=CS(=O)(=O)C1. The van der Waals surface area contributed by atoms with Crippen molar-refractivity contribution in [2.75, 3.05) is 12.3 Å². The Morgan fingerprint density at radius 2 is 2.00 bits per heavy atom. The van der Waals surface area contributed by atoms with E-state index in [4.69, 9.17) is 0 Å². The summed E-state index contributed by atoms with van der Waals surface area (Å²) in [6.07, 6.45) is 7.99. The molecule has 0 saturated heterocycles. The summed E-state index contributed by atoms with van der Waals surface area (Å²) < 4.78 is 22.2. The van der Waals surface area contributed by atoms with Crippen LogP contribution in [0.3, 0.4) is 0 Å². The lowest BCUT2D eigenvalue weighted by atomic mass is 10.1. The van der Waals surface area contributed by atoms with Crippen LogP contribution >= 0.6 is 0 Å². The Labute approximate surface area is 92.9 Å². The van der Waals surface area contributed by atoms with Crippen LogP contribution in [0.4, 0.5) is 0 Å². The third-order valence-corrected chi connectivity index (χ3v) is 4.01. The van der Waals surface area contributed by atoms with E-state index in [1.54, 1.807) is 6.08 Å². The molecule has 1 atom stereocenters.